The van der Waals surface area contributed by atoms with Crippen molar-refractivity contribution in [2.75, 3.05) is 31.6 Å². The lowest BCUT2D eigenvalue weighted by molar-refractivity contribution is 0.0729. The van der Waals surface area contributed by atoms with E-state index in [1.54, 1.807) is 36.4 Å². The largest absolute Gasteiger partial charge is 0.379 e. The molecule has 0 bridgehead atoms. The number of nitrogens with zero attached hydrogens (tertiary/aromatic N) is 1. The second-order valence-electron chi connectivity index (χ2n) is 5.93. The molecule has 0 aromatic heterocycles. The Bertz CT molecular complexity index is 861. The van der Waals surface area contributed by atoms with Crippen molar-refractivity contribution in [2.24, 2.45) is 0 Å². The van der Waals surface area contributed by atoms with Gasteiger partial charge in [-0.1, -0.05) is 28.1 Å². The van der Waals surface area contributed by atoms with Crippen LogP contribution >= 0.6 is 15.9 Å². The van der Waals surface area contributed by atoms with Gasteiger partial charge in [-0.15, -0.1) is 0 Å². The van der Waals surface area contributed by atoms with Gasteiger partial charge in [0, 0.05) is 28.8 Å². The molecule has 8 heteroatoms. The van der Waals surface area contributed by atoms with Gasteiger partial charge in [0.05, 0.1) is 19.0 Å². The summed E-state index contributed by atoms with van der Waals surface area (Å²) in [5.41, 5.74) is 1.81. The zero-order chi connectivity index (χ0) is 18.6. The Balaban J connectivity index is 1.64. The van der Waals surface area contributed by atoms with Gasteiger partial charge < -0.3 is 10.1 Å². The molecule has 1 fully saturated rings. The van der Waals surface area contributed by atoms with Crippen molar-refractivity contribution < 1.29 is 17.9 Å². The van der Waals surface area contributed by atoms with Gasteiger partial charge in [-0.3, -0.25) is 4.79 Å². The van der Waals surface area contributed by atoms with Crippen molar-refractivity contribution in [2.45, 2.75) is 5.75 Å². The maximum atomic E-state index is 12.4. The fraction of sp³-hybridized carbons (Fsp3) is 0.278. The molecule has 1 saturated heterocycles. The topological polar surface area (TPSA) is 75.7 Å². The van der Waals surface area contributed by atoms with Gasteiger partial charge in [-0.2, -0.15) is 4.31 Å². The van der Waals surface area contributed by atoms with E-state index in [1.165, 1.54) is 4.31 Å². The Morgan fingerprint density at radius 1 is 1.04 bits per heavy atom. The average molecular weight is 439 g/mol. The second kappa shape index (κ2) is 8.30. The number of ether oxygens (including phenoxy) is 1. The van der Waals surface area contributed by atoms with Gasteiger partial charge in [0.2, 0.25) is 10.0 Å². The molecule has 3 rings (SSSR count). The van der Waals surface area contributed by atoms with Crippen LogP contribution in [0.1, 0.15) is 15.9 Å². The predicted molar refractivity (Wildman–Crippen MR) is 104 cm³/mol. The van der Waals surface area contributed by atoms with E-state index in [9.17, 15) is 13.2 Å². The monoisotopic (exact) mass is 438 g/mol. The predicted octanol–water partition coefficient (Wildman–Crippen LogP) is 2.86. The van der Waals surface area contributed by atoms with Crippen LogP contribution in [0.2, 0.25) is 0 Å². The molecule has 1 N–H and O–H groups in total. The molecule has 1 aliphatic rings. The number of sulfonamides is 1. The third kappa shape index (κ3) is 4.91. The Hall–Kier alpha value is -1.74. The summed E-state index contributed by atoms with van der Waals surface area (Å²) < 4.78 is 32.4. The van der Waals surface area contributed by atoms with E-state index >= 15 is 0 Å². The third-order valence-corrected chi connectivity index (χ3v) is 6.41. The van der Waals surface area contributed by atoms with Crippen molar-refractivity contribution in [3.05, 3.63) is 64.1 Å². The van der Waals surface area contributed by atoms with E-state index in [0.717, 1.165) is 4.47 Å². The van der Waals surface area contributed by atoms with Crippen molar-refractivity contribution in [1.82, 2.24) is 4.31 Å². The molecule has 2 aromatic rings. The van der Waals surface area contributed by atoms with E-state index in [-0.39, 0.29) is 11.7 Å². The van der Waals surface area contributed by atoms with Crippen LogP contribution in [-0.4, -0.2) is 44.9 Å². The molecule has 0 spiro atoms. The third-order valence-electron chi connectivity index (χ3n) is 4.03. The normalized spacial score (nSPS) is 15.6. The molecule has 2 aromatic carbocycles. The number of halogens is 1. The minimum absolute atomic E-state index is 0.0817. The highest BCUT2D eigenvalue weighted by Crippen LogP contribution is 2.17. The number of hydrogen-bond acceptors (Lipinski definition) is 4. The number of carbonyl (C=O) groups excluding carboxylic acids is 1. The molecule has 1 amide bonds. The molecule has 26 heavy (non-hydrogen) atoms. The first-order chi connectivity index (χ1) is 12.4. The minimum atomic E-state index is -3.37. The number of anilines is 1. The highest BCUT2D eigenvalue weighted by Gasteiger charge is 2.24. The summed E-state index contributed by atoms with van der Waals surface area (Å²) in [5, 5.41) is 2.80. The first-order valence-corrected chi connectivity index (χ1v) is 10.6. The summed E-state index contributed by atoms with van der Waals surface area (Å²) in [5.74, 6) is -0.323. The molecule has 0 aliphatic carbocycles. The number of nitrogens with one attached hydrogen (secondary N) is 1. The van der Waals surface area contributed by atoms with E-state index in [2.05, 4.69) is 21.2 Å². The molecule has 0 saturated carbocycles. The molecular formula is C18H19BrN2O4S. The van der Waals surface area contributed by atoms with E-state index in [0.29, 0.717) is 43.1 Å². The zero-order valence-corrected chi connectivity index (χ0v) is 16.4. The summed E-state index contributed by atoms with van der Waals surface area (Å²) in [4.78, 5) is 12.3. The Morgan fingerprint density at radius 3 is 2.27 bits per heavy atom. The van der Waals surface area contributed by atoms with E-state index < -0.39 is 10.0 Å². The quantitative estimate of drug-likeness (QED) is 0.778. The standard InChI is InChI=1S/C18H19BrN2O4S/c19-16-5-7-17(8-6-16)20-18(22)15-3-1-14(2-4-15)13-26(23,24)21-9-11-25-12-10-21/h1-8H,9-13H2,(H,20,22). The second-order valence-corrected chi connectivity index (χ2v) is 8.81. The molecule has 138 valence electrons. The molecule has 0 unspecified atom stereocenters. The van der Waals surface area contributed by atoms with Crippen LogP contribution < -0.4 is 5.32 Å². The highest BCUT2D eigenvalue weighted by molar-refractivity contribution is 9.10. The Morgan fingerprint density at radius 2 is 1.65 bits per heavy atom. The number of carbonyl (C=O) groups is 1. The van der Waals surface area contributed by atoms with Crippen molar-refractivity contribution >= 4 is 37.5 Å². The van der Waals surface area contributed by atoms with Gasteiger partial charge in [-0.25, -0.2) is 8.42 Å². The zero-order valence-electron chi connectivity index (χ0n) is 14.0. The molecule has 1 heterocycles. The molecule has 1 aliphatic heterocycles. The number of morpholine rings is 1. The molecule has 0 radical (unpaired) electrons. The van der Waals surface area contributed by atoms with Crippen molar-refractivity contribution in [3.8, 4) is 0 Å². The lowest BCUT2D eigenvalue weighted by Gasteiger charge is -2.26. The van der Waals surface area contributed by atoms with Gasteiger partial charge in [0.15, 0.2) is 0 Å². The Kier molecular flexibility index (Phi) is 6.08. The minimum Gasteiger partial charge on any atom is -0.379 e. The highest BCUT2D eigenvalue weighted by atomic mass is 79.9. The Labute approximate surface area is 161 Å². The van der Waals surface area contributed by atoms with Crippen LogP contribution in [0.15, 0.2) is 53.0 Å². The van der Waals surface area contributed by atoms with Crippen molar-refractivity contribution in [1.29, 1.82) is 0 Å². The van der Waals surface area contributed by atoms with Gasteiger partial charge >= 0.3 is 0 Å². The summed E-state index contributed by atoms with van der Waals surface area (Å²) in [6.45, 7) is 1.62. The average Bonchev–Trinajstić information content (AvgIpc) is 2.64. The summed E-state index contributed by atoms with van der Waals surface area (Å²) in [6.07, 6.45) is 0. The molecule has 6 nitrogen and oxygen atoms in total. The van der Waals surface area contributed by atoms with Crippen LogP contribution in [0, 0.1) is 0 Å². The summed E-state index contributed by atoms with van der Waals surface area (Å²) in [6, 6.07) is 13.9. The van der Waals surface area contributed by atoms with Crippen molar-refractivity contribution in [3.63, 3.8) is 0 Å². The lowest BCUT2D eigenvalue weighted by Crippen LogP contribution is -2.41. The number of amides is 1. The molecule has 0 atom stereocenters. The van der Waals surface area contributed by atoms with E-state index in [1.807, 2.05) is 12.1 Å². The van der Waals surface area contributed by atoms with Gasteiger partial charge in [0.25, 0.3) is 5.91 Å². The van der Waals surface area contributed by atoms with Crippen LogP contribution in [0.25, 0.3) is 0 Å². The maximum Gasteiger partial charge on any atom is 0.255 e. The first kappa shape index (κ1) is 19.0. The van der Waals surface area contributed by atoms with Gasteiger partial charge in [-0.05, 0) is 42.0 Å². The number of benzene rings is 2. The van der Waals surface area contributed by atoms with Crippen LogP contribution in [0.4, 0.5) is 5.69 Å². The van der Waals surface area contributed by atoms with E-state index in [4.69, 9.17) is 4.74 Å². The molecular weight excluding hydrogens is 420 g/mol. The SMILES string of the molecule is O=C(Nc1ccc(Br)cc1)c1ccc(CS(=O)(=O)N2CCOCC2)cc1. The smallest absolute Gasteiger partial charge is 0.255 e. The number of hydrogen-bond donors (Lipinski definition) is 1. The maximum absolute atomic E-state index is 12.4. The van der Waals surface area contributed by atoms with Crippen LogP contribution in [0.3, 0.4) is 0 Å². The van der Waals surface area contributed by atoms with Crippen LogP contribution in [-0.2, 0) is 20.5 Å². The fourth-order valence-corrected chi connectivity index (χ4v) is 4.38. The summed E-state index contributed by atoms with van der Waals surface area (Å²) in [7, 11) is -3.37. The first-order valence-electron chi connectivity index (χ1n) is 8.15. The van der Waals surface area contributed by atoms with Gasteiger partial charge in [0.1, 0.15) is 0 Å². The van der Waals surface area contributed by atoms with Crippen LogP contribution in [0.5, 0.6) is 0 Å². The lowest BCUT2D eigenvalue weighted by atomic mass is 10.1. The summed E-state index contributed by atoms with van der Waals surface area (Å²) >= 11 is 3.34. The fourth-order valence-electron chi connectivity index (χ4n) is 2.62. The number of rotatable bonds is 5.